The Morgan fingerprint density at radius 2 is 2.12 bits per heavy atom. The maximum atomic E-state index is 12.6. The van der Waals surface area contributed by atoms with E-state index in [2.05, 4.69) is 15.5 Å². The van der Waals surface area contributed by atoms with E-state index in [1.807, 2.05) is 23.9 Å². The normalized spacial score (nSPS) is 16.8. The summed E-state index contributed by atoms with van der Waals surface area (Å²) in [5.41, 5.74) is 0.644. The van der Waals surface area contributed by atoms with Crippen molar-refractivity contribution >= 4 is 11.8 Å². The third-order valence-electron chi connectivity index (χ3n) is 4.65. The van der Waals surface area contributed by atoms with Gasteiger partial charge in [-0.25, -0.2) is 0 Å². The molecule has 4 rings (SSSR count). The Morgan fingerprint density at radius 3 is 2.83 bits per heavy atom. The summed E-state index contributed by atoms with van der Waals surface area (Å²) in [6, 6.07) is 3.65. The molecule has 0 atom stereocenters. The Kier molecular flexibility index (Phi) is 3.59. The highest BCUT2D eigenvalue weighted by Gasteiger charge is 2.29. The topological polar surface area (TPSA) is 85.1 Å². The molecule has 2 aliphatic rings. The van der Waals surface area contributed by atoms with Gasteiger partial charge in [0.05, 0.1) is 6.54 Å². The molecule has 1 aliphatic heterocycles. The number of amides is 2. The first-order valence-corrected chi connectivity index (χ1v) is 8.24. The summed E-state index contributed by atoms with van der Waals surface area (Å²) in [4.78, 5) is 26.6. The highest BCUT2D eigenvalue weighted by molar-refractivity contribution is 5.93. The first-order valence-electron chi connectivity index (χ1n) is 8.24. The van der Waals surface area contributed by atoms with Crippen molar-refractivity contribution in [1.82, 2.24) is 29.5 Å². The van der Waals surface area contributed by atoms with Gasteiger partial charge in [-0.2, -0.15) is 0 Å². The summed E-state index contributed by atoms with van der Waals surface area (Å²) in [5.74, 6) is 1.41. The Morgan fingerprint density at radius 1 is 1.29 bits per heavy atom. The molecule has 3 heterocycles. The van der Waals surface area contributed by atoms with Gasteiger partial charge in [-0.05, 0) is 30.9 Å². The molecule has 0 saturated heterocycles. The zero-order valence-corrected chi connectivity index (χ0v) is 13.6. The molecule has 2 aromatic heterocycles. The van der Waals surface area contributed by atoms with Crippen LogP contribution >= 0.6 is 0 Å². The molecule has 0 unspecified atom stereocenters. The van der Waals surface area contributed by atoms with Crippen molar-refractivity contribution in [3.8, 4) is 0 Å². The van der Waals surface area contributed by atoms with Crippen LogP contribution in [0.5, 0.6) is 0 Å². The maximum Gasteiger partial charge on any atom is 0.289 e. The Labute approximate surface area is 139 Å². The lowest BCUT2D eigenvalue weighted by Gasteiger charge is -2.27. The molecule has 1 saturated carbocycles. The average molecular weight is 328 g/mol. The van der Waals surface area contributed by atoms with Gasteiger partial charge in [0, 0.05) is 32.9 Å². The van der Waals surface area contributed by atoms with E-state index in [9.17, 15) is 9.59 Å². The van der Waals surface area contributed by atoms with E-state index in [-0.39, 0.29) is 11.8 Å². The van der Waals surface area contributed by atoms with E-state index in [1.165, 1.54) is 12.8 Å². The fourth-order valence-corrected chi connectivity index (χ4v) is 2.98. The number of hydrogen-bond acceptors (Lipinski definition) is 4. The summed E-state index contributed by atoms with van der Waals surface area (Å²) in [5, 5.41) is 11.1. The van der Waals surface area contributed by atoms with Crippen molar-refractivity contribution in [2.75, 3.05) is 13.1 Å². The van der Waals surface area contributed by atoms with E-state index in [1.54, 1.807) is 15.5 Å². The molecular formula is C16H20N6O2. The lowest BCUT2D eigenvalue weighted by atomic mass is 10.3. The third-order valence-corrected chi connectivity index (χ3v) is 4.65. The van der Waals surface area contributed by atoms with Crippen LogP contribution in [0.3, 0.4) is 0 Å². The molecule has 0 spiro atoms. The molecule has 1 fully saturated rings. The van der Waals surface area contributed by atoms with Crippen LogP contribution in [0, 0.1) is 5.92 Å². The van der Waals surface area contributed by atoms with Gasteiger partial charge in [0.25, 0.3) is 11.8 Å². The number of carbonyl (C=O) groups excluding carboxylic acids is 2. The number of rotatable bonds is 4. The Balaban J connectivity index is 1.47. The molecule has 24 heavy (non-hydrogen) atoms. The monoisotopic (exact) mass is 328 g/mol. The standard InChI is InChI=1S/C16H20N6O2/c1-20-6-2-3-12(20)16(24)21-7-8-22-13(10-21)18-19-14(22)15(23)17-9-11-4-5-11/h2-3,6,11H,4-5,7-10H2,1H3,(H,17,23). The molecule has 1 aliphatic carbocycles. The molecule has 126 valence electrons. The smallest absolute Gasteiger partial charge is 0.289 e. The van der Waals surface area contributed by atoms with Crippen LogP contribution in [0.25, 0.3) is 0 Å². The van der Waals surface area contributed by atoms with Crippen LogP contribution in [-0.4, -0.2) is 49.1 Å². The first-order chi connectivity index (χ1) is 11.6. The molecule has 8 heteroatoms. The highest BCUT2D eigenvalue weighted by Crippen LogP contribution is 2.27. The van der Waals surface area contributed by atoms with Crippen LogP contribution in [0.2, 0.25) is 0 Å². The fraction of sp³-hybridized carbons (Fsp3) is 0.500. The second-order valence-corrected chi connectivity index (χ2v) is 6.48. The number of aryl methyl sites for hydroxylation is 1. The van der Waals surface area contributed by atoms with Gasteiger partial charge in [0.15, 0.2) is 5.82 Å². The summed E-state index contributed by atoms with van der Waals surface area (Å²) >= 11 is 0. The average Bonchev–Trinajstić information content (AvgIpc) is 3.17. The SMILES string of the molecule is Cn1cccc1C(=O)N1CCn2c(nnc2C(=O)NCC2CC2)C1. The molecule has 0 radical (unpaired) electrons. The lowest BCUT2D eigenvalue weighted by molar-refractivity contribution is 0.0696. The molecule has 8 nitrogen and oxygen atoms in total. The van der Waals surface area contributed by atoms with Crippen molar-refractivity contribution < 1.29 is 9.59 Å². The van der Waals surface area contributed by atoms with Gasteiger partial charge in [0.1, 0.15) is 5.69 Å². The second kappa shape index (κ2) is 5.77. The summed E-state index contributed by atoms with van der Waals surface area (Å²) in [7, 11) is 1.85. The zero-order valence-electron chi connectivity index (χ0n) is 13.6. The van der Waals surface area contributed by atoms with Gasteiger partial charge < -0.3 is 19.4 Å². The molecule has 0 aromatic carbocycles. The van der Waals surface area contributed by atoms with Crippen molar-refractivity contribution in [3.05, 3.63) is 35.7 Å². The minimum Gasteiger partial charge on any atom is -0.349 e. The van der Waals surface area contributed by atoms with Crippen LogP contribution in [0.15, 0.2) is 18.3 Å². The minimum absolute atomic E-state index is 0.0310. The number of nitrogens with zero attached hydrogens (tertiary/aromatic N) is 5. The molecule has 1 N–H and O–H groups in total. The largest absolute Gasteiger partial charge is 0.349 e. The maximum absolute atomic E-state index is 12.6. The summed E-state index contributed by atoms with van der Waals surface area (Å²) in [6.07, 6.45) is 4.23. The van der Waals surface area contributed by atoms with Crippen molar-refractivity contribution in [1.29, 1.82) is 0 Å². The summed E-state index contributed by atoms with van der Waals surface area (Å²) in [6.45, 7) is 2.15. The van der Waals surface area contributed by atoms with Gasteiger partial charge in [0.2, 0.25) is 5.82 Å². The lowest BCUT2D eigenvalue weighted by Crippen LogP contribution is -2.40. The van der Waals surface area contributed by atoms with Crippen molar-refractivity contribution in [2.24, 2.45) is 13.0 Å². The Bertz CT molecular complexity index is 788. The van der Waals surface area contributed by atoms with E-state index < -0.39 is 0 Å². The van der Waals surface area contributed by atoms with Gasteiger partial charge in [-0.1, -0.05) is 0 Å². The van der Waals surface area contributed by atoms with Crippen LogP contribution in [0.1, 0.15) is 39.8 Å². The Hall–Kier alpha value is -2.64. The zero-order chi connectivity index (χ0) is 16.7. The van der Waals surface area contributed by atoms with E-state index in [4.69, 9.17) is 0 Å². The van der Waals surface area contributed by atoms with E-state index >= 15 is 0 Å². The predicted molar refractivity (Wildman–Crippen MR) is 85.2 cm³/mol. The van der Waals surface area contributed by atoms with Crippen molar-refractivity contribution in [2.45, 2.75) is 25.9 Å². The molecule has 2 aromatic rings. The quantitative estimate of drug-likeness (QED) is 0.881. The summed E-state index contributed by atoms with van der Waals surface area (Å²) < 4.78 is 3.62. The number of aromatic nitrogens is 4. The van der Waals surface area contributed by atoms with E-state index in [0.717, 1.165) is 0 Å². The number of hydrogen-bond donors (Lipinski definition) is 1. The number of carbonyl (C=O) groups is 2. The van der Waals surface area contributed by atoms with Gasteiger partial charge >= 0.3 is 0 Å². The number of nitrogens with one attached hydrogen (secondary N) is 1. The van der Waals surface area contributed by atoms with Crippen LogP contribution < -0.4 is 5.32 Å². The number of fused-ring (bicyclic) bond motifs is 1. The van der Waals surface area contributed by atoms with E-state index in [0.29, 0.717) is 49.4 Å². The third kappa shape index (κ3) is 2.68. The predicted octanol–water partition coefficient (Wildman–Crippen LogP) is 0.412. The van der Waals surface area contributed by atoms with Crippen molar-refractivity contribution in [3.63, 3.8) is 0 Å². The molecule has 2 amide bonds. The van der Waals surface area contributed by atoms with Crippen LogP contribution in [0.4, 0.5) is 0 Å². The molecule has 0 bridgehead atoms. The minimum atomic E-state index is -0.178. The highest BCUT2D eigenvalue weighted by atomic mass is 16.2. The van der Waals surface area contributed by atoms with Crippen LogP contribution in [-0.2, 0) is 20.1 Å². The first kappa shape index (κ1) is 14.9. The second-order valence-electron chi connectivity index (χ2n) is 6.48. The molecular weight excluding hydrogens is 308 g/mol. The van der Waals surface area contributed by atoms with Gasteiger partial charge in [-0.15, -0.1) is 10.2 Å². The fourth-order valence-electron chi connectivity index (χ4n) is 2.98. The van der Waals surface area contributed by atoms with Gasteiger partial charge in [-0.3, -0.25) is 9.59 Å².